The monoisotopic (exact) mass is 310 g/mol. The fraction of sp³-hybridized carbons (Fsp3) is 0.562. The number of methoxy groups -OCH3 is 1. The molecule has 2 atom stereocenters. The van der Waals surface area contributed by atoms with Crippen LogP contribution >= 0.6 is 11.6 Å². The van der Waals surface area contributed by atoms with Crippen molar-refractivity contribution in [3.05, 3.63) is 34.3 Å². The average molecular weight is 311 g/mol. The van der Waals surface area contributed by atoms with E-state index in [-0.39, 0.29) is 18.0 Å². The van der Waals surface area contributed by atoms with E-state index >= 15 is 0 Å². The number of hydrogen-bond donors (Lipinski definition) is 1. The molecule has 1 aromatic rings. The molecule has 0 aromatic heterocycles. The number of nitrogens with two attached hydrogens (primary N) is 1. The van der Waals surface area contributed by atoms with Gasteiger partial charge in [-0.2, -0.15) is 0 Å². The summed E-state index contributed by atoms with van der Waals surface area (Å²) in [4.78, 5) is 14.3. The zero-order chi connectivity index (χ0) is 15.4. The number of ether oxygens (including phenoxy) is 1. The molecule has 1 aromatic carbocycles. The van der Waals surface area contributed by atoms with Crippen LogP contribution in [-0.4, -0.2) is 37.1 Å². The Morgan fingerprint density at radius 2 is 2.24 bits per heavy atom. The lowest BCUT2D eigenvalue weighted by Gasteiger charge is -2.34. The molecule has 1 amide bonds. The third-order valence-corrected chi connectivity index (χ3v) is 4.31. The third-order valence-electron chi connectivity index (χ3n) is 4.08. The van der Waals surface area contributed by atoms with Gasteiger partial charge in [0, 0.05) is 31.1 Å². The molecule has 1 heterocycles. The van der Waals surface area contributed by atoms with Gasteiger partial charge in [-0.05, 0) is 43.0 Å². The lowest BCUT2D eigenvalue weighted by Crippen LogP contribution is -2.44. The minimum Gasteiger partial charge on any atom is -0.383 e. The topological polar surface area (TPSA) is 55.6 Å². The first-order valence-electron chi connectivity index (χ1n) is 7.34. The summed E-state index contributed by atoms with van der Waals surface area (Å²) in [6.07, 6.45) is 2.25. The summed E-state index contributed by atoms with van der Waals surface area (Å²) in [6.45, 7) is 3.09. The number of halogens is 1. The van der Waals surface area contributed by atoms with Gasteiger partial charge < -0.3 is 15.4 Å². The van der Waals surface area contributed by atoms with Crippen molar-refractivity contribution in [2.24, 2.45) is 5.73 Å². The first kappa shape index (κ1) is 16.3. The van der Waals surface area contributed by atoms with Gasteiger partial charge in [-0.1, -0.05) is 17.7 Å². The van der Waals surface area contributed by atoms with Crippen molar-refractivity contribution < 1.29 is 9.53 Å². The van der Waals surface area contributed by atoms with Crippen LogP contribution in [0.25, 0.3) is 0 Å². The number of carbonyl (C=O) groups excluding carboxylic acids is 1. The number of carbonyl (C=O) groups is 1. The van der Waals surface area contributed by atoms with Crippen molar-refractivity contribution >= 4 is 17.5 Å². The van der Waals surface area contributed by atoms with Crippen molar-refractivity contribution in [3.63, 3.8) is 0 Å². The minimum absolute atomic E-state index is 0.0619. The standard InChI is InChI=1S/C16H23ClN2O2/c1-11-10-12(17)6-7-13(11)16-14(18)4-3-5-15(20)19(16)8-9-21-2/h6-7,10,14,16H,3-5,8-9,18H2,1-2H3. The van der Waals surface area contributed by atoms with Gasteiger partial charge in [0.1, 0.15) is 0 Å². The molecule has 2 unspecified atom stereocenters. The molecular formula is C16H23ClN2O2. The summed E-state index contributed by atoms with van der Waals surface area (Å²) >= 11 is 6.04. The van der Waals surface area contributed by atoms with E-state index < -0.39 is 0 Å². The summed E-state index contributed by atoms with van der Waals surface area (Å²) in [5.41, 5.74) is 8.53. The Morgan fingerprint density at radius 3 is 2.90 bits per heavy atom. The van der Waals surface area contributed by atoms with Crippen molar-refractivity contribution in [2.75, 3.05) is 20.3 Å². The average Bonchev–Trinajstić information content (AvgIpc) is 2.56. The third kappa shape index (κ3) is 3.76. The lowest BCUT2D eigenvalue weighted by atomic mass is 9.93. The normalized spacial score (nSPS) is 23.2. The zero-order valence-corrected chi connectivity index (χ0v) is 13.4. The van der Waals surface area contributed by atoms with Crippen LogP contribution < -0.4 is 5.73 Å². The summed E-state index contributed by atoms with van der Waals surface area (Å²) < 4.78 is 5.15. The van der Waals surface area contributed by atoms with Crippen LogP contribution in [0.4, 0.5) is 0 Å². The van der Waals surface area contributed by atoms with Gasteiger partial charge in [0.05, 0.1) is 12.6 Å². The van der Waals surface area contributed by atoms with Crippen LogP contribution in [0.5, 0.6) is 0 Å². The second kappa shape index (κ2) is 7.25. The van der Waals surface area contributed by atoms with E-state index in [1.807, 2.05) is 30.0 Å². The van der Waals surface area contributed by atoms with Gasteiger partial charge in [0.25, 0.3) is 0 Å². The molecule has 4 nitrogen and oxygen atoms in total. The number of likely N-dealkylation sites (tertiary alicyclic amines) is 1. The van der Waals surface area contributed by atoms with Gasteiger partial charge in [0.15, 0.2) is 0 Å². The van der Waals surface area contributed by atoms with Gasteiger partial charge in [-0.25, -0.2) is 0 Å². The van der Waals surface area contributed by atoms with Crippen LogP contribution in [-0.2, 0) is 9.53 Å². The van der Waals surface area contributed by atoms with E-state index in [2.05, 4.69) is 0 Å². The molecule has 21 heavy (non-hydrogen) atoms. The highest BCUT2D eigenvalue weighted by atomic mass is 35.5. The van der Waals surface area contributed by atoms with E-state index in [4.69, 9.17) is 22.1 Å². The van der Waals surface area contributed by atoms with Crippen LogP contribution in [0.15, 0.2) is 18.2 Å². The molecule has 116 valence electrons. The van der Waals surface area contributed by atoms with E-state index in [0.717, 1.165) is 24.0 Å². The first-order chi connectivity index (χ1) is 10.0. The fourth-order valence-electron chi connectivity index (χ4n) is 3.00. The molecule has 1 aliphatic rings. The molecular weight excluding hydrogens is 288 g/mol. The highest BCUT2D eigenvalue weighted by molar-refractivity contribution is 6.30. The smallest absolute Gasteiger partial charge is 0.223 e. The zero-order valence-electron chi connectivity index (χ0n) is 12.6. The maximum absolute atomic E-state index is 12.4. The molecule has 0 spiro atoms. The SMILES string of the molecule is COCCN1C(=O)CCCC(N)C1c1ccc(Cl)cc1C. The molecule has 5 heteroatoms. The van der Waals surface area contributed by atoms with Crippen LogP contribution in [0.2, 0.25) is 5.02 Å². The molecule has 2 rings (SSSR count). The van der Waals surface area contributed by atoms with Crippen molar-refractivity contribution in [2.45, 2.75) is 38.3 Å². The highest BCUT2D eigenvalue weighted by Gasteiger charge is 2.33. The second-order valence-corrected chi connectivity index (χ2v) is 6.02. The molecule has 0 bridgehead atoms. The second-order valence-electron chi connectivity index (χ2n) is 5.58. The van der Waals surface area contributed by atoms with E-state index in [0.29, 0.717) is 24.6 Å². The first-order valence-corrected chi connectivity index (χ1v) is 7.72. The Bertz CT molecular complexity index is 507. The Labute approximate surface area is 131 Å². The predicted octanol–water partition coefficient (Wildman–Crippen LogP) is 2.68. The Kier molecular flexibility index (Phi) is 5.62. The van der Waals surface area contributed by atoms with E-state index in [9.17, 15) is 4.79 Å². The summed E-state index contributed by atoms with van der Waals surface area (Å²) in [7, 11) is 1.64. The molecule has 1 saturated heterocycles. The minimum atomic E-state index is -0.104. The van der Waals surface area contributed by atoms with Gasteiger partial charge in [0.2, 0.25) is 5.91 Å². The summed E-state index contributed by atoms with van der Waals surface area (Å²) in [5.74, 6) is 0.152. The van der Waals surface area contributed by atoms with Crippen molar-refractivity contribution in [1.82, 2.24) is 4.90 Å². The molecule has 0 aliphatic carbocycles. The van der Waals surface area contributed by atoms with Gasteiger partial charge in [-0.15, -0.1) is 0 Å². The number of rotatable bonds is 4. The van der Waals surface area contributed by atoms with Crippen LogP contribution in [0.1, 0.15) is 36.4 Å². The number of nitrogens with zero attached hydrogens (tertiary/aromatic N) is 1. The van der Waals surface area contributed by atoms with Crippen molar-refractivity contribution in [1.29, 1.82) is 0 Å². The molecule has 0 radical (unpaired) electrons. The van der Waals surface area contributed by atoms with Gasteiger partial charge in [-0.3, -0.25) is 4.79 Å². The van der Waals surface area contributed by atoms with E-state index in [1.165, 1.54) is 0 Å². The lowest BCUT2D eigenvalue weighted by molar-refractivity contribution is -0.134. The maximum atomic E-state index is 12.4. The Morgan fingerprint density at radius 1 is 1.48 bits per heavy atom. The number of benzene rings is 1. The number of aryl methyl sites for hydroxylation is 1. The highest BCUT2D eigenvalue weighted by Crippen LogP contribution is 2.32. The van der Waals surface area contributed by atoms with Crippen LogP contribution in [0, 0.1) is 6.92 Å². The Hall–Kier alpha value is -1.10. The summed E-state index contributed by atoms with van der Waals surface area (Å²) in [5, 5.41) is 0.702. The molecule has 1 aliphatic heterocycles. The Balaban J connectivity index is 2.38. The van der Waals surface area contributed by atoms with Crippen molar-refractivity contribution in [3.8, 4) is 0 Å². The largest absolute Gasteiger partial charge is 0.383 e. The fourth-order valence-corrected chi connectivity index (χ4v) is 3.23. The predicted molar refractivity (Wildman–Crippen MR) is 84.3 cm³/mol. The summed E-state index contributed by atoms with van der Waals surface area (Å²) in [6, 6.07) is 5.61. The maximum Gasteiger partial charge on any atom is 0.223 e. The molecule has 1 fully saturated rings. The molecule has 2 N–H and O–H groups in total. The quantitative estimate of drug-likeness (QED) is 0.930. The van der Waals surface area contributed by atoms with E-state index in [1.54, 1.807) is 7.11 Å². The van der Waals surface area contributed by atoms with Crippen LogP contribution in [0.3, 0.4) is 0 Å². The number of hydrogen-bond acceptors (Lipinski definition) is 3. The molecule has 0 saturated carbocycles. The van der Waals surface area contributed by atoms with Gasteiger partial charge >= 0.3 is 0 Å². The number of amides is 1.